The van der Waals surface area contributed by atoms with Crippen molar-refractivity contribution in [1.82, 2.24) is 5.32 Å². The number of carbonyl (C=O) groups excluding carboxylic acids is 1. The van der Waals surface area contributed by atoms with Gasteiger partial charge in [0.25, 0.3) is 0 Å². The highest BCUT2D eigenvalue weighted by Gasteiger charge is 1.83. The summed E-state index contributed by atoms with van der Waals surface area (Å²) in [7, 11) is 2.67. The summed E-state index contributed by atoms with van der Waals surface area (Å²) < 4.78 is 0. The molecule has 1 rings (SSSR count). The molecule has 0 aliphatic rings. The van der Waals surface area contributed by atoms with E-state index in [-0.39, 0.29) is 12.5 Å². The fourth-order valence-electron chi connectivity index (χ4n) is 0.719. The van der Waals surface area contributed by atoms with E-state index >= 15 is 0 Å². The molecule has 1 amide bonds. The second kappa shape index (κ2) is 17.8. The molecule has 0 unspecified atom stereocenters. The smallest absolute Gasteiger partial charge is 0.231 e. The Balaban J connectivity index is -0.000000201. The lowest BCUT2D eigenvalue weighted by molar-refractivity contribution is -0.117. The summed E-state index contributed by atoms with van der Waals surface area (Å²) in [6, 6.07) is 7.09. The minimum absolute atomic E-state index is 0.264. The first kappa shape index (κ1) is 21.7. The molecule has 0 spiro atoms. The highest BCUT2D eigenvalue weighted by molar-refractivity contribution is 5.75. The second-order valence-corrected chi connectivity index (χ2v) is 2.83. The topological polar surface area (TPSA) is 95.6 Å². The van der Waals surface area contributed by atoms with Crippen molar-refractivity contribution < 1.29 is 15.0 Å². The number of carbonyl (C=O) groups is 1. The Hall–Kier alpha value is -1.59. The van der Waals surface area contributed by atoms with Gasteiger partial charge in [-0.15, -0.1) is 0 Å². The molecule has 5 N–H and O–H groups in total. The van der Waals surface area contributed by atoms with Crippen LogP contribution in [0.25, 0.3) is 0 Å². The molecule has 0 bridgehead atoms. The SMILES string of the molecule is CC.CNCC(N)=O.CO.Cc1ccc(O)cc1. The van der Waals surface area contributed by atoms with Gasteiger partial charge in [0.1, 0.15) is 5.75 Å². The van der Waals surface area contributed by atoms with Gasteiger partial charge in [0.05, 0.1) is 6.54 Å². The normalized spacial score (nSPS) is 7.44. The zero-order valence-electron chi connectivity index (χ0n) is 11.9. The Morgan fingerprint density at radius 3 is 1.78 bits per heavy atom. The van der Waals surface area contributed by atoms with E-state index in [1.54, 1.807) is 19.2 Å². The molecule has 0 saturated carbocycles. The first-order valence-electron chi connectivity index (χ1n) is 5.69. The van der Waals surface area contributed by atoms with Crippen molar-refractivity contribution in [3.8, 4) is 5.75 Å². The first-order chi connectivity index (χ1) is 8.56. The number of nitrogens with one attached hydrogen (secondary N) is 1. The fraction of sp³-hybridized carbons (Fsp3) is 0.462. The van der Waals surface area contributed by atoms with E-state index in [1.165, 1.54) is 5.56 Å². The van der Waals surface area contributed by atoms with E-state index in [2.05, 4.69) is 5.32 Å². The quantitative estimate of drug-likeness (QED) is 0.637. The summed E-state index contributed by atoms with van der Waals surface area (Å²) in [4.78, 5) is 9.76. The Morgan fingerprint density at radius 1 is 1.22 bits per heavy atom. The number of benzene rings is 1. The van der Waals surface area contributed by atoms with Gasteiger partial charge >= 0.3 is 0 Å². The monoisotopic (exact) mass is 258 g/mol. The minimum atomic E-state index is -0.322. The third kappa shape index (κ3) is 19.9. The molecule has 0 aliphatic carbocycles. The summed E-state index contributed by atoms with van der Waals surface area (Å²) in [5.74, 6) is 0.00750. The number of rotatable bonds is 2. The van der Waals surface area contributed by atoms with Gasteiger partial charge in [-0.2, -0.15) is 0 Å². The Bertz CT molecular complexity index is 253. The van der Waals surface area contributed by atoms with Gasteiger partial charge in [0.15, 0.2) is 0 Å². The van der Waals surface area contributed by atoms with E-state index in [9.17, 15) is 4.79 Å². The average molecular weight is 258 g/mol. The molecule has 0 heterocycles. The lowest BCUT2D eigenvalue weighted by Gasteiger charge is -1.89. The number of hydrogen-bond acceptors (Lipinski definition) is 4. The van der Waals surface area contributed by atoms with Crippen molar-refractivity contribution in [1.29, 1.82) is 0 Å². The van der Waals surface area contributed by atoms with Crippen molar-refractivity contribution in [2.45, 2.75) is 20.8 Å². The van der Waals surface area contributed by atoms with Crippen molar-refractivity contribution >= 4 is 5.91 Å². The van der Waals surface area contributed by atoms with Crippen LogP contribution in [0.2, 0.25) is 0 Å². The Morgan fingerprint density at radius 2 is 1.61 bits per heavy atom. The van der Waals surface area contributed by atoms with Crippen molar-refractivity contribution in [2.75, 3.05) is 20.7 Å². The lowest BCUT2D eigenvalue weighted by Crippen LogP contribution is -2.25. The number of likely N-dealkylation sites (N-methyl/N-ethyl adjacent to an activating group) is 1. The molecule has 0 aromatic heterocycles. The van der Waals surface area contributed by atoms with E-state index in [0.717, 1.165) is 7.11 Å². The number of aliphatic hydroxyl groups excluding tert-OH is 1. The molecule has 0 aliphatic heterocycles. The number of phenolic OH excluding ortho intramolecular Hbond substituents is 1. The Labute approximate surface area is 110 Å². The zero-order chi connectivity index (χ0) is 15.0. The number of hydrogen-bond donors (Lipinski definition) is 4. The molecule has 0 atom stereocenters. The molecule has 1 aromatic rings. The molecule has 0 saturated heterocycles. The van der Waals surface area contributed by atoms with Crippen LogP contribution in [0.3, 0.4) is 0 Å². The minimum Gasteiger partial charge on any atom is -0.508 e. The fourth-order valence-corrected chi connectivity index (χ4v) is 0.719. The average Bonchev–Trinajstić information content (AvgIpc) is 2.38. The summed E-state index contributed by atoms with van der Waals surface area (Å²) in [5.41, 5.74) is 5.87. The summed E-state index contributed by atoms with van der Waals surface area (Å²) in [5, 5.41) is 18.3. The third-order valence-corrected chi connectivity index (χ3v) is 1.38. The van der Waals surface area contributed by atoms with Crippen LogP contribution in [0.1, 0.15) is 19.4 Å². The van der Waals surface area contributed by atoms with Crippen LogP contribution >= 0.6 is 0 Å². The predicted octanol–water partition coefficient (Wildman–Crippen LogP) is 1.03. The van der Waals surface area contributed by atoms with Crippen LogP contribution in [-0.2, 0) is 4.79 Å². The van der Waals surface area contributed by atoms with Crippen LogP contribution < -0.4 is 11.1 Å². The number of aryl methyl sites for hydroxylation is 1. The maximum Gasteiger partial charge on any atom is 0.231 e. The highest BCUT2D eigenvalue weighted by Crippen LogP contribution is 2.07. The molecule has 5 heteroatoms. The van der Waals surface area contributed by atoms with Crippen LogP contribution in [0.15, 0.2) is 24.3 Å². The van der Waals surface area contributed by atoms with E-state index in [4.69, 9.17) is 15.9 Å². The van der Waals surface area contributed by atoms with Crippen LogP contribution in [0, 0.1) is 6.92 Å². The molecular formula is C13H26N2O3. The van der Waals surface area contributed by atoms with Crippen LogP contribution in [0.4, 0.5) is 0 Å². The van der Waals surface area contributed by atoms with Crippen molar-refractivity contribution in [3.05, 3.63) is 29.8 Å². The summed E-state index contributed by atoms with van der Waals surface area (Å²) in [6.07, 6.45) is 0. The molecule has 5 nitrogen and oxygen atoms in total. The number of aromatic hydroxyl groups is 1. The molecule has 0 fully saturated rings. The van der Waals surface area contributed by atoms with Gasteiger partial charge < -0.3 is 21.3 Å². The summed E-state index contributed by atoms with van der Waals surface area (Å²) in [6.45, 7) is 6.25. The van der Waals surface area contributed by atoms with Crippen molar-refractivity contribution in [3.63, 3.8) is 0 Å². The number of amides is 1. The van der Waals surface area contributed by atoms with Gasteiger partial charge in [-0.1, -0.05) is 31.5 Å². The lowest BCUT2D eigenvalue weighted by atomic mass is 10.2. The molecule has 1 aromatic carbocycles. The van der Waals surface area contributed by atoms with Crippen LogP contribution in [0.5, 0.6) is 5.75 Å². The van der Waals surface area contributed by atoms with Crippen LogP contribution in [-0.4, -0.2) is 36.8 Å². The highest BCUT2D eigenvalue weighted by atomic mass is 16.3. The first-order valence-corrected chi connectivity index (χ1v) is 5.69. The number of nitrogens with two attached hydrogens (primary N) is 1. The Kier molecular flexibility index (Phi) is 21.4. The molecule has 18 heavy (non-hydrogen) atoms. The predicted molar refractivity (Wildman–Crippen MR) is 75.5 cm³/mol. The van der Waals surface area contributed by atoms with E-state index < -0.39 is 0 Å². The van der Waals surface area contributed by atoms with Gasteiger partial charge in [-0.3, -0.25) is 4.79 Å². The number of aliphatic hydroxyl groups is 1. The van der Waals surface area contributed by atoms with Gasteiger partial charge in [-0.05, 0) is 26.1 Å². The zero-order valence-corrected chi connectivity index (χ0v) is 11.9. The molecule has 0 radical (unpaired) electrons. The van der Waals surface area contributed by atoms with E-state index in [1.807, 2.05) is 32.9 Å². The number of phenols is 1. The second-order valence-electron chi connectivity index (χ2n) is 2.83. The third-order valence-electron chi connectivity index (χ3n) is 1.38. The van der Waals surface area contributed by atoms with E-state index in [0.29, 0.717) is 5.75 Å². The number of primary amides is 1. The standard InChI is InChI=1S/C7H8O.C3H8N2O.C2H6.CH4O/c1-6-2-4-7(8)5-3-6;1-5-2-3(4)6;2*1-2/h2-5,8H,1H3;5H,2H2,1H3,(H2,4,6);1-2H3;2H,1H3. The van der Waals surface area contributed by atoms with Crippen molar-refractivity contribution in [2.24, 2.45) is 5.73 Å². The largest absolute Gasteiger partial charge is 0.508 e. The van der Waals surface area contributed by atoms with Gasteiger partial charge in [0, 0.05) is 7.11 Å². The summed E-state index contributed by atoms with van der Waals surface area (Å²) >= 11 is 0. The van der Waals surface area contributed by atoms with Gasteiger partial charge in [0.2, 0.25) is 5.91 Å². The maximum absolute atomic E-state index is 9.76. The molecular weight excluding hydrogens is 232 g/mol. The molecule has 106 valence electrons. The van der Waals surface area contributed by atoms with Gasteiger partial charge in [-0.25, -0.2) is 0 Å². The maximum atomic E-state index is 9.76.